The van der Waals surface area contributed by atoms with Crippen LogP contribution < -0.4 is 10.2 Å². The van der Waals surface area contributed by atoms with Crippen LogP contribution >= 0.6 is 22.6 Å². The molecule has 0 spiro atoms. The first-order chi connectivity index (χ1) is 11.3. The summed E-state index contributed by atoms with van der Waals surface area (Å²) in [5.74, 6) is 0.435. The van der Waals surface area contributed by atoms with Crippen molar-refractivity contribution in [2.24, 2.45) is 5.10 Å². The van der Waals surface area contributed by atoms with Gasteiger partial charge in [0.2, 0.25) is 0 Å². The monoisotopic (exact) mass is 438 g/mol. The Morgan fingerprint density at radius 3 is 2.54 bits per heavy atom. The number of carbonyl (C=O) groups is 1. The van der Waals surface area contributed by atoms with Gasteiger partial charge in [0.1, 0.15) is 11.5 Å². The first-order valence-corrected chi connectivity index (χ1v) is 8.45. The second-order valence-corrected chi connectivity index (χ2v) is 6.81. The second kappa shape index (κ2) is 8.14. The molecule has 2 rings (SSSR count). The normalized spacial score (nSPS) is 10.8. The molecule has 0 fully saturated rings. The summed E-state index contributed by atoms with van der Waals surface area (Å²) in [5.41, 5.74) is 5.85. The van der Waals surface area contributed by atoms with Crippen LogP contribution in [-0.4, -0.2) is 23.8 Å². The van der Waals surface area contributed by atoms with E-state index in [0.29, 0.717) is 11.3 Å². The lowest BCUT2D eigenvalue weighted by atomic mass is 10.1. The Morgan fingerprint density at radius 2 is 1.88 bits per heavy atom. The van der Waals surface area contributed by atoms with Crippen LogP contribution in [0.1, 0.15) is 22.3 Å². The number of ether oxygens (including phenoxy) is 1. The SMILES string of the molecule is Cc1cc(C)cc(OCC(=O)NN=Cc2cc(I)cc(C)c2O)c1. The average molecular weight is 438 g/mol. The van der Waals surface area contributed by atoms with Crippen molar-refractivity contribution in [1.82, 2.24) is 5.43 Å². The highest BCUT2D eigenvalue weighted by molar-refractivity contribution is 14.1. The number of aryl methyl sites for hydroxylation is 3. The molecule has 24 heavy (non-hydrogen) atoms. The Hall–Kier alpha value is -2.09. The van der Waals surface area contributed by atoms with E-state index >= 15 is 0 Å². The Morgan fingerprint density at radius 1 is 1.21 bits per heavy atom. The summed E-state index contributed by atoms with van der Waals surface area (Å²) in [6.07, 6.45) is 1.42. The van der Waals surface area contributed by atoms with Gasteiger partial charge in [-0.1, -0.05) is 6.07 Å². The molecule has 0 aromatic heterocycles. The number of nitrogens with zero attached hydrogens (tertiary/aromatic N) is 1. The van der Waals surface area contributed by atoms with Gasteiger partial charge in [-0.3, -0.25) is 4.79 Å². The lowest BCUT2D eigenvalue weighted by Crippen LogP contribution is -2.24. The van der Waals surface area contributed by atoms with Gasteiger partial charge in [0.25, 0.3) is 5.91 Å². The summed E-state index contributed by atoms with van der Waals surface area (Å²) in [5, 5.41) is 13.8. The molecule has 0 bridgehead atoms. The third-order valence-corrected chi connectivity index (χ3v) is 3.88. The molecule has 2 aromatic rings. The number of hydrazone groups is 1. The maximum Gasteiger partial charge on any atom is 0.277 e. The molecular formula is C18H19IN2O3. The van der Waals surface area contributed by atoms with E-state index in [1.807, 2.05) is 45.0 Å². The molecule has 0 aliphatic heterocycles. The number of phenols is 1. The van der Waals surface area contributed by atoms with Crippen molar-refractivity contribution < 1.29 is 14.6 Å². The molecule has 0 unspecified atom stereocenters. The van der Waals surface area contributed by atoms with Crippen LogP contribution in [0.5, 0.6) is 11.5 Å². The smallest absolute Gasteiger partial charge is 0.277 e. The van der Waals surface area contributed by atoms with Crippen molar-refractivity contribution in [3.63, 3.8) is 0 Å². The van der Waals surface area contributed by atoms with E-state index in [1.54, 1.807) is 6.07 Å². The molecule has 2 N–H and O–H groups in total. The van der Waals surface area contributed by atoms with E-state index in [0.717, 1.165) is 20.3 Å². The van der Waals surface area contributed by atoms with Gasteiger partial charge in [0.05, 0.1) is 6.21 Å². The minimum atomic E-state index is -0.368. The summed E-state index contributed by atoms with van der Waals surface area (Å²) in [7, 11) is 0. The highest BCUT2D eigenvalue weighted by Gasteiger charge is 2.05. The number of halogens is 1. The van der Waals surface area contributed by atoms with Gasteiger partial charge in [-0.05, 0) is 84.3 Å². The summed E-state index contributed by atoms with van der Waals surface area (Å²) in [6.45, 7) is 5.63. The number of phenolic OH excluding ortho intramolecular Hbond substituents is 1. The van der Waals surface area contributed by atoms with E-state index in [-0.39, 0.29) is 18.3 Å². The standard InChI is InChI=1S/C18H19IN2O3/c1-11-4-12(2)6-16(5-11)24-10-17(22)21-20-9-14-8-15(19)7-13(3)18(14)23/h4-9,23H,10H2,1-3H3,(H,21,22). The van der Waals surface area contributed by atoms with E-state index in [4.69, 9.17) is 4.74 Å². The highest BCUT2D eigenvalue weighted by Crippen LogP contribution is 2.23. The Bertz CT molecular complexity index is 768. The maximum atomic E-state index is 11.8. The molecule has 2 aromatic carbocycles. The molecule has 0 atom stereocenters. The van der Waals surface area contributed by atoms with Gasteiger partial charge >= 0.3 is 0 Å². The molecule has 1 amide bonds. The number of aromatic hydroxyl groups is 1. The second-order valence-electron chi connectivity index (χ2n) is 5.57. The van der Waals surface area contributed by atoms with E-state index in [2.05, 4.69) is 33.1 Å². The molecular weight excluding hydrogens is 419 g/mol. The fourth-order valence-corrected chi connectivity index (χ4v) is 3.03. The molecule has 0 saturated carbocycles. The predicted molar refractivity (Wildman–Crippen MR) is 103 cm³/mol. The molecule has 0 aliphatic carbocycles. The zero-order chi connectivity index (χ0) is 17.7. The lowest BCUT2D eigenvalue weighted by Gasteiger charge is -2.07. The van der Waals surface area contributed by atoms with Gasteiger partial charge in [-0.25, -0.2) is 5.43 Å². The van der Waals surface area contributed by atoms with Gasteiger partial charge in [-0.2, -0.15) is 5.10 Å². The number of benzene rings is 2. The highest BCUT2D eigenvalue weighted by atomic mass is 127. The Kier molecular flexibility index (Phi) is 6.19. The average Bonchev–Trinajstić information content (AvgIpc) is 2.49. The van der Waals surface area contributed by atoms with E-state index in [1.165, 1.54) is 6.21 Å². The van der Waals surface area contributed by atoms with Crippen molar-refractivity contribution in [1.29, 1.82) is 0 Å². The van der Waals surface area contributed by atoms with Crippen LogP contribution in [0.4, 0.5) is 0 Å². The van der Waals surface area contributed by atoms with Crippen LogP contribution in [0.15, 0.2) is 35.4 Å². The Labute approximate surface area is 154 Å². The third kappa shape index (κ3) is 5.23. The van der Waals surface area contributed by atoms with Gasteiger partial charge in [0, 0.05) is 9.13 Å². The van der Waals surface area contributed by atoms with Gasteiger partial charge in [-0.15, -0.1) is 0 Å². The molecule has 6 heteroatoms. The zero-order valence-electron chi connectivity index (χ0n) is 13.8. The first kappa shape index (κ1) is 18.3. The number of nitrogens with one attached hydrogen (secondary N) is 1. The van der Waals surface area contributed by atoms with Crippen LogP contribution in [0, 0.1) is 24.3 Å². The fraction of sp³-hybridized carbons (Fsp3) is 0.222. The molecule has 0 saturated heterocycles. The maximum absolute atomic E-state index is 11.8. The minimum absolute atomic E-state index is 0.127. The Balaban J connectivity index is 1.91. The summed E-state index contributed by atoms with van der Waals surface area (Å²) >= 11 is 2.16. The molecule has 5 nitrogen and oxygen atoms in total. The van der Waals surface area contributed by atoms with Crippen molar-refractivity contribution in [2.75, 3.05) is 6.61 Å². The predicted octanol–water partition coefficient (Wildman–Crippen LogP) is 3.45. The number of carbonyl (C=O) groups excluding carboxylic acids is 1. The van der Waals surface area contributed by atoms with E-state index < -0.39 is 0 Å². The van der Waals surface area contributed by atoms with Crippen LogP contribution in [0.2, 0.25) is 0 Å². The molecule has 0 aliphatic rings. The van der Waals surface area contributed by atoms with Crippen molar-refractivity contribution in [3.05, 3.63) is 56.2 Å². The first-order valence-electron chi connectivity index (χ1n) is 7.37. The van der Waals surface area contributed by atoms with Crippen LogP contribution in [0.3, 0.4) is 0 Å². The van der Waals surface area contributed by atoms with Crippen molar-refractivity contribution in [2.45, 2.75) is 20.8 Å². The summed E-state index contributed by atoms with van der Waals surface area (Å²) < 4.78 is 6.44. The molecule has 0 radical (unpaired) electrons. The number of hydrogen-bond acceptors (Lipinski definition) is 4. The number of hydrogen-bond donors (Lipinski definition) is 2. The van der Waals surface area contributed by atoms with Gasteiger partial charge < -0.3 is 9.84 Å². The topological polar surface area (TPSA) is 70.9 Å². The molecule has 0 heterocycles. The number of rotatable bonds is 5. The van der Waals surface area contributed by atoms with Crippen LogP contribution in [0.25, 0.3) is 0 Å². The van der Waals surface area contributed by atoms with Gasteiger partial charge in [0.15, 0.2) is 6.61 Å². The third-order valence-electron chi connectivity index (χ3n) is 3.25. The quantitative estimate of drug-likeness (QED) is 0.427. The number of amides is 1. The van der Waals surface area contributed by atoms with Crippen LogP contribution in [-0.2, 0) is 4.79 Å². The molecule has 126 valence electrons. The van der Waals surface area contributed by atoms with Crippen molar-refractivity contribution >= 4 is 34.7 Å². The van der Waals surface area contributed by atoms with Crippen molar-refractivity contribution in [3.8, 4) is 11.5 Å². The summed E-state index contributed by atoms with van der Waals surface area (Å²) in [6, 6.07) is 9.42. The fourth-order valence-electron chi connectivity index (χ4n) is 2.23. The zero-order valence-corrected chi connectivity index (χ0v) is 15.9. The lowest BCUT2D eigenvalue weighted by molar-refractivity contribution is -0.123. The largest absolute Gasteiger partial charge is 0.507 e. The van der Waals surface area contributed by atoms with E-state index in [9.17, 15) is 9.90 Å². The summed E-state index contributed by atoms with van der Waals surface area (Å²) in [4.78, 5) is 11.8. The minimum Gasteiger partial charge on any atom is -0.507 e.